The molecule has 5 rings (SSSR count). The molecule has 4 aromatic carbocycles. The van der Waals surface area contributed by atoms with E-state index in [9.17, 15) is 22.8 Å². The number of hydrogen-bond donors (Lipinski definition) is 3. The first-order valence-electron chi connectivity index (χ1n) is 17.1. The molecule has 280 valence electrons. The number of hydrogen-bond acceptors (Lipinski definition) is 7. The van der Waals surface area contributed by atoms with Crippen LogP contribution in [-0.4, -0.2) is 62.5 Å². The molecule has 1 heterocycles. The maximum absolute atomic E-state index is 13.5. The largest absolute Gasteiger partial charge is 0.454 e. The third kappa shape index (κ3) is 11.4. The molecule has 0 aliphatic carbocycles. The molecule has 0 saturated carbocycles. The van der Waals surface area contributed by atoms with Crippen molar-refractivity contribution in [3.8, 4) is 11.5 Å². The topological polar surface area (TPSA) is 143 Å². The zero-order chi connectivity index (χ0) is 38.2. The molecule has 1 aliphatic rings. The van der Waals surface area contributed by atoms with E-state index in [0.717, 1.165) is 5.56 Å². The Morgan fingerprint density at radius 1 is 0.868 bits per heavy atom. The maximum Gasteiger partial charge on any atom is 0.410 e. The van der Waals surface area contributed by atoms with Crippen LogP contribution in [0.15, 0.2) is 102 Å². The molecule has 3 amide bonds. The average Bonchev–Trinajstić information content (AvgIpc) is 3.12. The predicted octanol–water partition coefficient (Wildman–Crippen LogP) is 7.69. The third-order valence-corrected chi connectivity index (χ3v) is 10.3. The quantitative estimate of drug-likeness (QED) is 0.134. The summed E-state index contributed by atoms with van der Waals surface area (Å²) < 4.78 is 40.7. The van der Waals surface area contributed by atoms with Crippen LogP contribution in [0.4, 0.5) is 10.5 Å². The molecular weight excluding hydrogens is 739 g/mol. The number of ether oxygens (including phenoxy) is 2. The van der Waals surface area contributed by atoms with Crippen molar-refractivity contribution in [2.24, 2.45) is 5.92 Å². The number of rotatable bonds is 12. The Hall–Kier alpha value is -4.78. The van der Waals surface area contributed by atoms with Gasteiger partial charge < -0.3 is 25.0 Å². The highest BCUT2D eigenvalue weighted by Crippen LogP contribution is 2.36. The van der Waals surface area contributed by atoms with Crippen molar-refractivity contribution in [1.82, 2.24) is 15.5 Å². The number of halogens is 2. The first kappa shape index (κ1) is 39.4. The zero-order valence-electron chi connectivity index (χ0n) is 29.6. The number of benzene rings is 4. The summed E-state index contributed by atoms with van der Waals surface area (Å²) in [4.78, 5) is 41.0. The number of amides is 3. The smallest absolute Gasteiger partial charge is 0.410 e. The number of nitrogens with one attached hydrogen (secondary N) is 3. The molecule has 1 fully saturated rings. The fourth-order valence-corrected chi connectivity index (χ4v) is 7.14. The predicted molar refractivity (Wildman–Crippen MR) is 205 cm³/mol. The molecule has 0 spiro atoms. The van der Waals surface area contributed by atoms with Gasteiger partial charge in [0.1, 0.15) is 17.4 Å². The minimum atomic E-state index is -4.11. The van der Waals surface area contributed by atoms with Gasteiger partial charge in [-0.2, -0.15) is 0 Å². The minimum Gasteiger partial charge on any atom is -0.454 e. The van der Waals surface area contributed by atoms with Gasteiger partial charge >= 0.3 is 6.09 Å². The number of nitrogens with zero attached hydrogens (tertiary/aromatic N) is 1. The second-order valence-corrected chi connectivity index (χ2v) is 16.2. The summed E-state index contributed by atoms with van der Waals surface area (Å²) in [5.74, 6) is -0.228. The van der Waals surface area contributed by atoms with Gasteiger partial charge in [-0.15, -0.1) is 0 Å². The Kier molecular flexibility index (Phi) is 12.9. The van der Waals surface area contributed by atoms with Crippen molar-refractivity contribution in [3.63, 3.8) is 0 Å². The first-order chi connectivity index (χ1) is 25.2. The van der Waals surface area contributed by atoms with Crippen LogP contribution < -0.4 is 20.1 Å². The first-order valence-corrected chi connectivity index (χ1v) is 19.4. The van der Waals surface area contributed by atoms with Crippen LogP contribution in [0, 0.1) is 5.92 Å². The lowest BCUT2D eigenvalue weighted by Gasteiger charge is -2.33. The van der Waals surface area contributed by atoms with Gasteiger partial charge in [0.05, 0.1) is 15.6 Å². The van der Waals surface area contributed by atoms with Crippen LogP contribution in [-0.2, 0) is 26.0 Å². The van der Waals surface area contributed by atoms with E-state index >= 15 is 0 Å². The summed E-state index contributed by atoms with van der Waals surface area (Å²) in [5.41, 5.74) is 0.623. The molecule has 1 atom stereocenters. The Labute approximate surface area is 320 Å². The lowest BCUT2D eigenvalue weighted by Crippen LogP contribution is -2.50. The fourth-order valence-electron chi connectivity index (χ4n) is 5.62. The van der Waals surface area contributed by atoms with Crippen LogP contribution in [0.3, 0.4) is 0 Å². The van der Waals surface area contributed by atoms with Crippen LogP contribution in [0.2, 0.25) is 10.0 Å². The molecule has 53 heavy (non-hydrogen) atoms. The van der Waals surface area contributed by atoms with Gasteiger partial charge in [0, 0.05) is 36.6 Å². The normalized spacial score (nSPS) is 14.2. The van der Waals surface area contributed by atoms with Crippen molar-refractivity contribution < 1.29 is 32.3 Å². The van der Waals surface area contributed by atoms with Crippen LogP contribution in [0.5, 0.6) is 11.5 Å². The molecule has 14 heteroatoms. The van der Waals surface area contributed by atoms with Crippen molar-refractivity contribution in [1.29, 1.82) is 0 Å². The monoisotopic (exact) mass is 780 g/mol. The van der Waals surface area contributed by atoms with Gasteiger partial charge in [0.2, 0.25) is 5.91 Å². The van der Waals surface area contributed by atoms with Crippen molar-refractivity contribution in [2.75, 3.05) is 24.4 Å². The summed E-state index contributed by atoms with van der Waals surface area (Å²) in [5, 5.41) is 6.50. The SMILES string of the molecule is CC(C)(C)OC(=O)N1CCC(CNC(=O)C(Cc2ccccc2)NC(=O)c2ccc(S(=O)(=O)Nc3ccccc3Oc3ccc(Cl)cc3Cl)cc2)CC1. The van der Waals surface area contributed by atoms with Crippen LogP contribution in [0.25, 0.3) is 0 Å². The van der Waals surface area contributed by atoms with Gasteiger partial charge in [0.25, 0.3) is 15.9 Å². The molecular formula is C39H42Cl2N4O7S. The summed E-state index contributed by atoms with van der Waals surface area (Å²) >= 11 is 12.2. The molecule has 3 N–H and O–H groups in total. The van der Waals surface area contributed by atoms with Gasteiger partial charge in [-0.05, 0) is 99.7 Å². The van der Waals surface area contributed by atoms with E-state index < -0.39 is 27.6 Å². The highest BCUT2D eigenvalue weighted by molar-refractivity contribution is 7.92. The lowest BCUT2D eigenvalue weighted by atomic mass is 9.96. The maximum atomic E-state index is 13.5. The molecule has 4 aromatic rings. The Morgan fingerprint density at radius 2 is 1.53 bits per heavy atom. The molecule has 11 nitrogen and oxygen atoms in total. The molecule has 1 unspecified atom stereocenters. The Balaban J connectivity index is 1.21. The fraction of sp³-hybridized carbons (Fsp3) is 0.308. The van der Waals surface area contributed by atoms with Gasteiger partial charge in [-0.1, -0.05) is 65.7 Å². The highest BCUT2D eigenvalue weighted by Gasteiger charge is 2.28. The third-order valence-electron chi connectivity index (χ3n) is 8.41. The van der Waals surface area contributed by atoms with Gasteiger partial charge in [0.15, 0.2) is 5.75 Å². The molecule has 1 aliphatic heterocycles. The van der Waals surface area contributed by atoms with E-state index in [1.54, 1.807) is 41.3 Å². The number of sulfonamides is 1. The molecule has 0 aromatic heterocycles. The Morgan fingerprint density at radius 3 is 2.19 bits per heavy atom. The number of carbonyl (C=O) groups excluding carboxylic acids is 3. The summed E-state index contributed by atoms with van der Waals surface area (Å²) in [7, 11) is -4.11. The number of para-hydroxylation sites is 2. The van der Waals surface area contributed by atoms with Crippen LogP contribution >= 0.6 is 23.2 Å². The van der Waals surface area contributed by atoms with Crippen LogP contribution in [0.1, 0.15) is 49.5 Å². The highest BCUT2D eigenvalue weighted by atomic mass is 35.5. The van der Waals surface area contributed by atoms with E-state index in [1.165, 1.54) is 30.3 Å². The summed E-state index contributed by atoms with van der Waals surface area (Å²) in [6.45, 7) is 6.93. The molecule has 1 saturated heterocycles. The molecule has 0 bridgehead atoms. The van der Waals surface area contributed by atoms with Crippen molar-refractivity contribution >= 4 is 56.8 Å². The number of likely N-dealkylation sites (tertiary alicyclic amines) is 1. The van der Waals surface area contributed by atoms with E-state index in [1.807, 2.05) is 51.1 Å². The Bertz CT molecular complexity index is 2020. The second kappa shape index (κ2) is 17.4. The van der Waals surface area contributed by atoms with E-state index in [2.05, 4.69) is 15.4 Å². The summed E-state index contributed by atoms with van der Waals surface area (Å²) in [6.07, 6.45) is 1.31. The van der Waals surface area contributed by atoms with E-state index in [-0.39, 0.29) is 57.0 Å². The summed E-state index contributed by atoms with van der Waals surface area (Å²) in [6, 6.07) is 25.0. The minimum absolute atomic E-state index is 0.0929. The van der Waals surface area contributed by atoms with E-state index in [0.29, 0.717) is 37.5 Å². The number of carbonyl (C=O) groups is 3. The van der Waals surface area contributed by atoms with Crippen molar-refractivity contribution in [3.05, 3.63) is 118 Å². The molecule has 0 radical (unpaired) electrons. The van der Waals surface area contributed by atoms with Gasteiger partial charge in [-0.25, -0.2) is 13.2 Å². The van der Waals surface area contributed by atoms with Gasteiger partial charge in [-0.3, -0.25) is 14.3 Å². The lowest BCUT2D eigenvalue weighted by molar-refractivity contribution is -0.123. The number of anilines is 1. The average molecular weight is 782 g/mol. The zero-order valence-corrected chi connectivity index (χ0v) is 31.9. The van der Waals surface area contributed by atoms with Crippen molar-refractivity contribution in [2.45, 2.75) is 56.6 Å². The second-order valence-electron chi connectivity index (χ2n) is 13.7. The van der Waals surface area contributed by atoms with E-state index in [4.69, 9.17) is 32.7 Å². The standard InChI is InChI=1S/C39H42Cl2N4O7S/c1-39(2,3)52-38(48)45-21-19-27(20-22-45)25-42-37(47)33(23-26-9-5-4-6-10-26)43-36(46)28-13-16-30(17-14-28)53(49,50)44-32-11-7-8-12-35(32)51-34-18-15-29(40)24-31(34)41/h4-18,24,27,33,44H,19-23,25H2,1-3H3,(H,42,47)(H,43,46). The number of piperidine rings is 1.